The van der Waals surface area contributed by atoms with Crippen LogP contribution in [-0.2, 0) is 11.3 Å². The second kappa shape index (κ2) is 11.0. The van der Waals surface area contributed by atoms with Gasteiger partial charge in [-0.3, -0.25) is 9.59 Å². The van der Waals surface area contributed by atoms with Gasteiger partial charge in [-0.25, -0.2) is 4.68 Å². The SMILES string of the molecule is CCOc1ccccc1C(=O)NCC(=O)NCc1cn(-c2ccccc2)nc1-c1ccccc1. The van der Waals surface area contributed by atoms with Gasteiger partial charge in [0.25, 0.3) is 5.91 Å². The first kappa shape index (κ1) is 22.8. The van der Waals surface area contributed by atoms with E-state index < -0.39 is 0 Å². The van der Waals surface area contributed by atoms with Crippen LogP contribution in [0.1, 0.15) is 22.8 Å². The number of nitrogens with zero attached hydrogens (tertiary/aromatic N) is 2. The predicted octanol–water partition coefficient (Wildman–Crippen LogP) is 3.98. The first-order valence-electron chi connectivity index (χ1n) is 11.1. The van der Waals surface area contributed by atoms with Crippen LogP contribution in [-0.4, -0.2) is 34.7 Å². The first-order valence-corrected chi connectivity index (χ1v) is 11.1. The molecule has 0 aliphatic rings. The van der Waals surface area contributed by atoms with Crippen molar-refractivity contribution < 1.29 is 14.3 Å². The molecule has 1 aromatic heterocycles. The van der Waals surface area contributed by atoms with E-state index in [0.29, 0.717) is 17.9 Å². The topological polar surface area (TPSA) is 85.2 Å². The van der Waals surface area contributed by atoms with E-state index in [2.05, 4.69) is 10.6 Å². The summed E-state index contributed by atoms with van der Waals surface area (Å²) in [5.74, 6) is -0.168. The minimum Gasteiger partial charge on any atom is -0.493 e. The van der Waals surface area contributed by atoms with E-state index in [1.54, 1.807) is 28.9 Å². The molecule has 2 N–H and O–H groups in total. The summed E-state index contributed by atoms with van der Waals surface area (Å²) in [5.41, 5.74) is 3.95. The molecule has 34 heavy (non-hydrogen) atoms. The molecule has 2 amide bonds. The molecular formula is C27H26N4O3. The van der Waals surface area contributed by atoms with E-state index in [1.165, 1.54) is 0 Å². The summed E-state index contributed by atoms with van der Waals surface area (Å²) < 4.78 is 7.30. The highest BCUT2D eigenvalue weighted by molar-refractivity contribution is 5.98. The van der Waals surface area contributed by atoms with Crippen LogP contribution in [0.25, 0.3) is 16.9 Å². The summed E-state index contributed by atoms with van der Waals surface area (Å²) in [6, 6.07) is 26.6. The first-order chi connectivity index (χ1) is 16.7. The van der Waals surface area contributed by atoms with Gasteiger partial charge in [-0.05, 0) is 31.2 Å². The van der Waals surface area contributed by atoms with Crippen LogP contribution in [0.3, 0.4) is 0 Å². The molecule has 172 valence electrons. The number of rotatable bonds is 9. The molecule has 4 aromatic rings. The molecule has 1 heterocycles. The standard InChI is InChI=1S/C27H26N4O3/c1-2-34-24-16-10-9-15-23(24)27(33)29-18-25(32)28-17-21-19-31(22-13-7-4-8-14-22)30-26(21)20-11-5-3-6-12-20/h3-16,19H,2,17-18H2,1H3,(H,28,32)(H,29,33). The predicted molar refractivity (Wildman–Crippen MR) is 131 cm³/mol. The van der Waals surface area contributed by atoms with Gasteiger partial charge in [0, 0.05) is 23.9 Å². The van der Waals surface area contributed by atoms with Gasteiger partial charge in [-0.1, -0.05) is 60.7 Å². The molecule has 4 rings (SSSR count). The summed E-state index contributed by atoms with van der Waals surface area (Å²) in [6.07, 6.45) is 1.91. The van der Waals surface area contributed by atoms with Gasteiger partial charge in [0.05, 0.1) is 30.1 Å². The molecule has 3 aromatic carbocycles. The van der Waals surface area contributed by atoms with Crippen molar-refractivity contribution in [3.05, 3.63) is 102 Å². The third-order valence-electron chi connectivity index (χ3n) is 5.18. The van der Waals surface area contributed by atoms with Gasteiger partial charge < -0.3 is 15.4 Å². The lowest BCUT2D eigenvalue weighted by atomic mass is 10.1. The van der Waals surface area contributed by atoms with E-state index in [0.717, 1.165) is 22.5 Å². The second-order valence-corrected chi connectivity index (χ2v) is 7.54. The van der Waals surface area contributed by atoms with Gasteiger partial charge in [0.1, 0.15) is 5.75 Å². The van der Waals surface area contributed by atoms with Crippen molar-refractivity contribution >= 4 is 11.8 Å². The summed E-state index contributed by atoms with van der Waals surface area (Å²) >= 11 is 0. The molecule has 0 atom stereocenters. The molecule has 0 saturated heterocycles. The second-order valence-electron chi connectivity index (χ2n) is 7.54. The number of nitrogens with one attached hydrogen (secondary N) is 2. The molecule has 7 heteroatoms. The highest BCUT2D eigenvalue weighted by Gasteiger charge is 2.15. The Hall–Kier alpha value is -4.39. The Bertz CT molecular complexity index is 1250. The van der Waals surface area contributed by atoms with E-state index in [4.69, 9.17) is 9.84 Å². The van der Waals surface area contributed by atoms with Crippen LogP contribution in [0, 0.1) is 0 Å². The molecule has 0 unspecified atom stereocenters. The lowest BCUT2D eigenvalue weighted by molar-refractivity contribution is -0.120. The summed E-state index contributed by atoms with van der Waals surface area (Å²) in [7, 11) is 0. The largest absolute Gasteiger partial charge is 0.493 e. The number of benzene rings is 3. The normalized spacial score (nSPS) is 10.5. The Morgan fingerprint density at radius 3 is 2.29 bits per heavy atom. The summed E-state index contributed by atoms with van der Waals surface area (Å²) in [6.45, 7) is 2.44. The Morgan fingerprint density at radius 1 is 0.882 bits per heavy atom. The number of amides is 2. The summed E-state index contributed by atoms with van der Waals surface area (Å²) in [4.78, 5) is 25.0. The molecule has 0 spiro atoms. The van der Waals surface area contributed by atoms with E-state index >= 15 is 0 Å². The maximum Gasteiger partial charge on any atom is 0.255 e. The third-order valence-corrected chi connectivity index (χ3v) is 5.18. The van der Waals surface area contributed by atoms with Crippen molar-refractivity contribution in [1.82, 2.24) is 20.4 Å². The van der Waals surface area contributed by atoms with Gasteiger partial charge >= 0.3 is 0 Å². The van der Waals surface area contributed by atoms with Gasteiger partial charge in [0.2, 0.25) is 5.91 Å². The van der Waals surface area contributed by atoms with Crippen LogP contribution in [0.15, 0.2) is 91.1 Å². The van der Waals surface area contributed by atoms with Crippen molar-refractivity contribution in [2.75, 3.05) is 13.2 Å². The zero-order valence-corrected chi connectivity index (χ0v) is 18.9. The highest BCUT2D eigenvalue weighted by Crippen LogP contribution is 2.23. The van der Waals surface area contributed by atoms with Crippen LogP contribution in [0.4, 0.5) is 0 Å². The number of hydrogen-bond acceptors (Lipinski definition) is 4. The van der Waals surface area contributed by atoms with Crippen molar-refractivity contribution in [2.45, 2.75) is 13.5 Å². The number of para-hydroxylation sites is 2. The fourth-order valence-corrected chi connectivity index (χ4v) is 3.54. The molecule has 0 aliphatic carbocycles. The fourth-order valence-electron chi connectivity index (χ4n) is 3.54. The van der Waals surface area contributed by atoms with Crippen molar-refractivity contribution in [2.24, 2.45) is 0 Å². The Balaban J connectivity index is 1.43. The molecule has 0 bridgehead atoms. The number of aromatic nitrogens is 2. The molecule has 7 nitrogen and oxygen atoms in total. The molecule has 0 aliphatic heterocycles. The minimum absolute atomic E-state index is 0.146. The van der Waals surface area contributed by atoms with Crippen LogP contribution in [0.5, 0.6) is 5.75 Å². The van der Waals surface area contributed by atoms with Crippen molar-refractivity contribution in [3.63, 3.8) is 0 Å². The highest BCUT2D eigenvalue weighted by atomic mass is 16.5. The Morgan fingerprint density at radius 2 is 1.56 bits per heavy atom. The van der Waals surface area contributed by atoms with Crippen LogP contribution in [0.2, 0.25) is 0 Å². The fraction of sp³-hybridized carbons (Fsp3) is 0.148. The summed E-state index contributed by atoms with van der Waals surface area (Å²) in [5, 5.41) is 10.3. The van der Waals surface area contributed by atoms with Gasteiger partial charge in [0.15, 0.2) is 0 Å². The molecule has 0 radical (unpaired) electrons. The van der Waals surface area contributed by atoms with E-state index in [1.807, 2.05) is 73.8 Å². The van der Waals surface area contributed by atoms with Crippen molar-refractivity contribution in [3.8, 4) is 22.7 Å². The Kier molecular flexibility index (Phi) is 7.35. The average Bonchev–Trinajstić information content (AvgIpc) is 3.32. The van der Waals surface area contributed by atoms with E-state index in [9.17, 15) is 9.59 Å². The zero-order chi connectivity index (χ0) is 23.8. The Labute approximate surface area is 198 Å². The zero-order valence-electron chi connectivity index (χ0n) is 18.9. The number of ether oxygens (including phenoxy) is 1. The lowest BCUT2D eigenvalue weighted by Gasteiger charge is -2.10. The van der Waals surface area contributed by atoms with Gasteiger partial charge in [-0.2, -0.15) is 5.10 Å². The third kappa shape index (κ3) is 5.50. The molecule has 0 fully saturated rings. The maximum atomic E-state index is 12.5. The van der Waals surface area contributed by atoms with E-state index in [-0.39, 0.29) is 24.9 Å². The smallest absolute Gasteiger partial charge is 0.255 e. The number of hydrogen-bond donors (Lipinski definition) is 2. The number of carbonyl (C=O) groups is 2. The maximum absolute atomic E-state index is 12.5. The lowest BCUT2D eigenvalue weighted by Crippen LogP contribution is -2.36. The molecular weight excluding hydrogens is 428 g/mol. The van der Waals surface area contributed by atoms with Crippen molar-refractivity contribution in [1.29, 1.82) is 0 Å². The van der Waals surface area contributed by atoms with Gasteiger partial charge in [-0.15, -0.1) is 0 Å². The number of carbonyl (C=O) groups excluding carboxylic acids is 2. The van der Waals surface area contributed by atoms with Crippen LogP contribution >= 0.6 is 0 Å². The van der Waals surface area contributed by atoms with Crippen LogP contribution < -0.4 is 15.4 Å². The average molecular weight is 455 g/mol. The molecule has 0 saturated carbocycles. The quantitative estimate of drug-likeness (QED) is 0.401. The minimum atomic E-state index is -0.360. The monoisotopic (exact) mass is 454 g/mol.